The molecule has 8 heteroatoms. The van der Waals surface area contributed by atoms with Crippen LogP contribution in [0.15, 0.2) is 30.7 Å². The third-order valence-corrected chi connectivity index (χ3v) is 4.20. The Balaban J connectivity index is 2.00. The van der Waals surface area contributed by atoms with Crippen LogP contribution in [-0.2, 0) is 4.79 Å². The highest BCUT2D eigenvalue weighted by atomic mass is 19.1. The van der Waals surface area contributed by atoms with Crippen LogP contribution in [-0.4, -0.2) is 31.6 Å². The predicted octanol–water partition coefficient (Wildman–Crippen LogP) is 1.96. The van der Waals surface area contributed by atoms with Crippen LogP contribution in [0.5, 0.6) is 0 Å². The second kappa shape index (κ2) is 4.85. The average molecular weight is 326 g/mol. The number of aryl methyl sites for hydroxylation is 1. The van der Waals surface area contributed by atoms with Crippen LogP contribution in [0, 0.1) is 12.7 Å². The van der Waals surface area contributed by atoms with E-state index >= 15 is 0 Å². The lowest BCUT2D eigenvalue weighted by Gasteiger charge is -2.10. The number of carboxylic acids is 1. The van der Waals surface area contributed by atoms with Crippen molar-refractivity contribution in [3.05, 3.63) is 58.9 Å². The highest BCUT2D eigenvalue weighted by Gasteiger charge is 2.35. The molecule has 0 saturated heterocycles. The first-order chi connectivity index (χ1) is 11.5. The summed E-state index contributed by atoms with van der Waals surface area (Å²) < 4.78 is 15.0. The van der Waals surface area contributed by atoms with E-state index in [0.717, 1.165) is 0 Å². The first-order valence-corrected chi connectivity index (χ1v) is 7.14. The molecule has 0 radical (unpaired) electrons. The molecule has 1 atom stereocenters. The van der Waals surface area contributed by atoms with E-state index in [1.54, 1.807) is 6.92 Å². The molecule has 24 heavy (non-hydrogen) atoms. The van der Waals surface area contributed by atoms with Crippen molar-refractivity contribution in [2.45, 2.75) is 12.8 Å². The zero-order valence-corrected chi connectivity index (χ0v) is 12.4. The Kier molecular flexibility index (Phi) is 2.89. The molecule has 1 unspecified atom stereocenters. The predicted molar refractivity (Wildman–Crippen MR) is 81.6 cm³/mol. The van der Waals surface area contributed by atoms with E-state index < -0.39 is 17.7 Å². The molecule has 0 bridgehead atoms. The van der Waals surface area contributed by atoms with Crippen molar-refractivity contribution in [2.24, 2.45) is 0 Å². The summed E-state index contributed by atoms with van der Waals surface area (Å²) >= 11 is 0. The van der Waals surface area contributed by atoms with Gasteiger partial charge in [0.2, 0.25) is 5.91 Å². The van der Waals surface area contributed by atoms with Gasteiger partial charge < -0.3 is 10.4 Å². The topological polar surface area (TPSA) is 96.6 Å². The molecule has 4 rings (SSSR count). The summed E-state index contributed by atoms with van der Waals surface area (Å²) in [4.78, 5) is 28.0. The minimum Gasteiger partial charge on any atom is -0.478 e. The number of rotatable bonds is 2. The molecular formula is C16H11FN4O3. The fourth-order valence-electron chi connectivity index (χ4n) is 3.12. The molecule has 2 aromatic heterocycles. The van der Waals surface area contributed by atoms with Gasteiger partial charge in [-0.05, 0) is 36.2 Å². The first-order valence-electron chi connectivity index (χ1n) is 7.14. The summed E-state index contributed by atoms with van der Waals surface area (Å²) in [7, 11) is 0. The smallest absolute Gasteiger partial charge is 0.337 e. The van der Waals surface area contributed by atoms with Crippen LogP contribution in [0.1, 0.15) is 33.1 Å². The number of aromatic nitrogens is 3. The summed E-state index contributed by atoms with van der Waals surface area (Å²) in [5, 5.41) is 16.0. The van der Waals surface area contributed by atoms with Gasteiger partial charge in [0, 0.05) is 11.9 Å². The maximum Gasteiger partial charge on any atom is 0.337 e. The Hall–Kier alpha value is -3.29. The quantitative estimate of drug-likeness (QED) is 0.750. The second-order valence-corrected chi connectivity index (χ2v) is 5.57. The van der Waals surface area contributed by atoms with Crippen molar-refractivity contribution in [1.29, 1.82) is 0 Å². The number of amides is 1. The maximum atomic E-state index is 13.6. The summed E-state index contributed by atoms with van der Waals surface area (Å²) in [6.07, 6.45) is 2.62. The van der Waals surface area contributed by atoms with E-state index in [1.165, 1.54) is 35.2 Å². The molecule has 1 amide bonds. The van der Waals surface area contributed by atoms with Gasteiger partial charge in [-0.15, -0.1) is 0 Å². The van der Waals surface area contributed by atoms with Crippen LogP contribution in [0.3, 0.4) is 0 Å². The lowest BCUT2D eigenvalue weighted by molar-refractivity contribution is -0.116. The average Bonchev–Trinajstić information content (AvgIpc) is 3.04. The molecule has 0 saturated carbocycles. The van der Waals surface area contributed by atoms with Crippen LogP contribution in [0.25, 0.3) is 5.52 Å². The monoisotopic (exact) mass is 326 g/mol. The fraction of sp³-hybridized carbons (Fsp3) is 0.125. The summed E-state index contributed by atoms with van der Waals surface area (Å²) in [6, 6.07) is 4.05. The van der Waals surface area contributed by atoms with Crippen molar-refractivity contribution in [2.75, 3.05) is 5.32 Å². The van der Waals surface area contributed by atoms with Gasteiger partial charge in [0.1, 0.15) is 18.1 Å². The Bertz CT molecular complexity index is 1030. The number of carboxylic acid groups (broad SMARTS) is 1. The molecule has 0 fully saturated rings. The Morgan fingerprint density at radius 3 is 2.96 bits per heavy atom. The second-order valence-electron chi connectivity index (χ2n) is 5.57. The molecule has 120 valence electrons. The van der Waals surface area contributed by atoms with Gasteiger partial charge in [0.15, 0.2) is 0 Å². The molecular weight excluding hydrogens is 315 g/mol. The number of halogens is 1. The number of nitrogens with one attached hydrogen (secondary N) is 1. The minimum atomic E-state index is -1.09. The van der Waals surface area contributed by atoms with Crippen molar-refractivity contribution in [3.63, 3.8) is 0 Å². The highest BCUT2D eigenvalue weighted by molar-refractivity contribution is 6.06. The molecule has 1 aliphatic heterocycles. The van der Waals surface area contributed by atoms with Crippen molar-refractivity contribution < 1.29 is 19.1 Å². The molecule has 7 nitrogen and oxygen atoms in total. The SMILES string of the molecule is Cc1c(C(=O)O)cn2ncnc(C3C(=O)Nc4ccc(F)cc43)c12. The van der Waals surface area contributed by atoms with Crippen molar-refractivity contribution in [1.82, 2.24) is 14.6 Å². The number of hydrogen-bond acceptors (Lipinski definition) is 4. The third-order valence-electron chi connectivity index (χ3n) is 4.20. The standard InChI is InChI=1S/C16H11FN4O3/c1-7-10(16(23)24)5-21-14(7)13(18-6-19-21)12-9-4-8(17)2-3-11(9)20-15(12)22/h2-6,12H,1H3,(H,20,22)(H,23,24). The summed E-state index contributed by atoms with van der Waals surface area (Å²) in [6.45, 7) is 1.63. The molecule has 3 aromatic rings. The number of hydrogen-bond donors (Lipinski definition) is 2. The molecule has 1 aromatic carbocycles. The Morgan fingerprint density at radius 1 is 1.42 bits per heavy atom. The largest absolute Gasteiger partial charge is 0.478 e. The molecule has 3 heterocycles. The van der Waals surface area contributed by atoms with Gasteiger partial charge in [-0.1, -0.05) is 0 Å². The van der Waals surface area contributed by atoms with Crippen LogP contribution in [0.4, 0.5) is 10.1 Å². The third kappa shape index (κ3) is 1.89. The van der Waals surface area contributed by atoms with Crippen LogP contribution in [0.2, 0.25) is 0 Å². The molecule has 2 N–H and O–H groups in total. The zero-order chi connectivity index (χ0) is 17.0. The zero-order valence-electron chi connectivity index (χ0n) is 12.4. The van der Waals surface area contributed by atoms with E-state index in [2.05, 4.69) is 15.4 Å². The maximum absolute atomic E-state index is 13.6. The number of nitrogens with zero attached hydrogens (tertiary/aromatic N) is 3. The van der Waals surface area contributed by atoms with Gasteiger partial charge in [-0.3, -0.25) is 4.79 Å². The number of fused-ring (bicyclic) bond motifs is 2. The van der Waals surface area contributed by atoms with Crippen molar-refractivity contribution in [3.8, 4) is 0 Å². The number of benzene rings is 1. The van der Waals surface area contributed by atoms with Gasteiger partial charge in [-0.25, -0.2) is 18.7 Å². The van der Waals surface area contributed by atoms with Gasteiger partial charge in [0.25, 0.3) is 0 Å². The Labute approximate surface area is 134 Å². The molecule has 0 spiro atoms. The number of carbonyl (C=O) groups is 2. The van der Waals surface area contributed by atoms with E-state index in [1.807, 2.05) is 0 Å². The number of carbonyl (C=O) groups excluding carboxylic acids is 1. The van der Waals surface area contributed by atoms with E-state index in [4.69, 9.17) is 0 Å². The van der Waals surface area contributed by atoms with E-state index in [0.29, 0.717) is 28.0 Å². The highest BCUT2D eigenvalue weighted by Crippen LogP contribution is 2.39. The van der Waals surface area contributed by atoms with Crippen LogP contribution < -0.4 is 5.32 Å². The minimum absolute atomic E-state index is 0.0784. The van der Waals surface area contributed by atoms with Gasteiger partial charge >= 0.3 is 5.97 Å². The first kappa shape index (κ1) is 14.3. The van der Waals surface area contributed by atoms with Crippen LogP contribution >= 0.6 is 0 Å². The molecule has 0 aliphatic carbocycles. The summed E-state index contributed by atoms with van der Waals surface area (Å²) in [5.74, 6) is -2.71. The van der Waals surface area contributed by atoms with E-state index in [-0.39, 0.29) is 11.5 Å². The Morgan fingerprint density at radius 2 is 2.21 bits per heavy atom. The molecule has 1 aliphatic rings. The lowest BCUT2D eigenvalue weighted by atomic mass is 9.95. The van der Waals surface area contributed by atoms with E-state index in [9.17, 15) is 19.1 Å². The summed E-state index contributed by atoms with van der Waals surface area (Å²) in [5.41, 5.74) is 2.30. The number of aromatic carboxylic acids is 1. The normalized spacial score (nSPS) is 16.2. The van der Waals surface area contributed by atoms with Gasteiger partial charge in [0.05, 0.1) is 16.8 Å². The van der Waals surface area contributed by atoms with Gasteiger partial charge in [-0.2, -0.15) is 5.10 Å². The lowest BCUT2D eigenvalue weighted by Crippen LogP contribution is -2.16. The fourth-order valence-corrected chi connectivity index (χ4v) is 3.12. The number of anilines is 1. The van der Waals surface area contributed by atoms with Crippen molar-refractivity contribution >= 4 is 23.1 Å².